The van der Waals surface area contributed by atoms with Gasteiger partial charge in [0.05, 0.1) is 10.9 Å². The SMILES string of the molecule is CC(=O)c1ccc(NC(=O)[C@H](C)Sc2nn(-c3ccccc3)c(=S)s2)cc1. The van der Waals surface area contributed by atoms with Crippen LogP contribution in [0.1, 0.15) is 24.2 Å². The van der Waals surface area contributed by atoms with Gasteiger partial charge in [-0.25, -0.2) is 4.68 Å². The topological polar surface area (TPSA) is 64.0 Å². The van der Waals surface area contributed by atoms with Gasteiger partial charge in [0, 0.05) is 11.3 Å². The van der Waals surface area contributed by atoms with Crippen LogP contribution >= 0.6 is 35.3 Å². The minimum absolute atomic E-state index is 0.00740. The van der Waals surface area contributed by atoms with Crippen LogP contribution in [0.3, 0.4) is 0 Å². The van der Waals surface area contributed by atoms with E-state index in [0.29, 0.717) is 15.2 Å². The lowest BCUT2D eigenvalue weighted by Crippen LogP contribution is -2.22. The number of nitrogens with one attached hydrogen (secondary N) is 1. The number of anilines is 1. The Kier molecular flexibility index (Phi) is 6.20. The summed E-state index contributed by atoms with van der Waals surface area (Å²) in [5.41, 5.74) is 2.16. The monoisotopic (exact) mass is 415 g/mol. The van der Waals surface area contributed by atoms with E-state index in [0.717, 1.165) is 10.0 Å². The second-order valence-corrected chi connectivity index (χ2v) is 8.97. The number of carbonyl (C=O) groups is 2. The molecule has 0 fully saturated rings. The molecule has 1 heterocycles. The van der Waals surface area contributed by atoms with Gasteiger partial charge in [-0.2, -0.15) is 0 Å². The Morgan fingerprint density at radius 1 is 1.15 bits per heavy atom. The molecule has 138 valence electrons. The molecule has 0 saturated carbocycles. The summed E-state index contributed by atoms with van der Waals surface area (Å²) in [4.78, 5) is 23.8. The van der Waals surface area contributed by atoms with Gasteiger partial charge < -0.3 is 5.32 Å². The zero-order valence-corrected chi connectivity index (χ0v) is 17.2. The van der Waals surface area contributed by atoms with Crippen molar-refractivity contribution in [3.05, 3.63) is 64.1 Å². The van der Waals surface area contributed by atoms with Crippen molar-refractivity contribution in [3.8, 4) is 5.69 Å². The molecule has 27 heavy (non-hydrogen) atoms. The van der Waals surface area contributed by atoms with Crippen LogP contribution in [0.25, 0.3) is 5.69 Å². The van der Waals surface area contributed by atoms with Gasteiger partial charge in [-0.05, 0) is 62.5 Å². The summed E-state index contributed by atoms with van der Waals surface area (Å²) in [6.45, 7) is 3.33. The summed E-state index contributed by atoms with van der Waals surface area (Å²) in [6, 6.07) is 16.5. The number of benzene rings is 2. The Labute approximate surface area is 170 Å². The van der Waals surface area contributed by atoms with E-state index in [-0.39, 0.29) is 16.9 Å². The third-order valence-corrected chi connectivity index (χ3v) is 6.15. The Morgan fingerprint density at radius 2 is 1.81 bits per heavy atom. The number of hydrogen-bond acceptors (Lipinski definition) is 6. The third-order valence-electron chi connectivity index (χ3n) is 3.74. The highest BCUT2D eigenvalue weighted by Crippen LogP contribution is 2.28. The maximum absolute atomic E-state index is 12.4. The van der Waals surface area contributed by atoms with Crippen molar-refractivity contribution >= 4 is 52.7 Å². The zero-order chi connectivity index (χ0) is 19.4. The summed E-state index contributed by atoms with van der Waals surface area (Å²) < 4.78 is 3.07. The third kappa shape index (κ3) is 4.91. The number of thioether (sulfide) groups is 1. The Hall–Kier alpha value is -2.29. The van der Waals surface area contributed by atoms with Crippen molar-refractivity contribution in [2.45, 2.75) is 23.4 Å². The molecular formula is C19H17N3O2S3. The van der Waals surface area contributed by atoms with Gasteiger partial charge in [0.2, 0.25) is 5.91 Å². The van der Waals surface area contributed by atoms with Gasteiger partial charge >= 0.3 is 0 Å². The average molecular weight is 416 g/mol. The Balaban J connectivity index is 1.66. The first-order valence-electron chi connectivity index (χ1n) is 8.18. The molecule has 3 rings (SSSR count). The van der Waals surface area contributed by atoms with Gasteiger partial charge in [-0.3, -0.25) is 9.59 Å². The summed E-state index contributed by atoms with van der Waals surface area (Å²) in [5.74, 6) is -0.144. The van der Waals surface area contributed by atoms with Crippen LogP contribution in [0.4, 0.5) is 5.69 Å². The predicted octanol–water partition coefficient (Wildman–Crippen LogP) is 4.99. The molecule has 5 nitrogen and oxygen atoms in total. The van der Waals surface area contributed by atoms with Crippen LogP contribution < -0.4 is 5.32 Å². The molecule has 0 aliphatic rings. The lowest BCUT2D eigenvalue weighted by molar-refractivity contribution is -0.115. The molecule has 2 aromatic carbocycles. The Bertz CT molecular complexity index is 1010. The van der Waals surface area contributed by atoms with Crippen LogP contribution in [0.5, 0.6) is 0 Å². The molecule has 0 unspecified atom stereocenters. The van der Waals surface area contributed by atoms with Crippen molar-refractivity contribution in [1.82, 2.24) is 9.78 Å². The summed E-state index contributed by atoms with van der Waals surface area (Å²) in [7, 11) is 0. The van der Waals surface area contributed by atoms with Crippen molar-refractivity contribution < 1.29 is 9.59 Å². The number of Topliss-reactive ketones (excluding diaryl/α,β-unsaturated/α-hetero) is 1. The summed E-state index contributed by atoms with van der Waals surface area (Å²) in [5, 5.41) is 7.03. The number of amides is 1. The highest BCUT2D eigenvalue weighted by molar-refractivity contribution is 8.02. The molecule has 1 atom stereocenters. The van der Waals surface area contributed by atoms with E-state index in [9.17, 15) is 9.59 Å². The van der Waals surface area contributed by atoms with E-state index >= 15 is 0 Å². The first kappa shape index (κ1) is 19.5. The molecule has 1 aromatic heterocycles. The number of hydrogen-bond donors (Lipinski definition) is 1. The van der Waals surface area contributed by atoms with E-state index in [4.69, 9.17) is 12.2 Å². The molecular weight excluding hydrogens is 398 g/mol. The van der Waals surface area contributed by atoms with Crippen LogP contribution in [-0.4, -0.2) is 26.7 Å². The van der Waals surface area contributed by atoms with Crippen LogP contribution in [0.2, 0.25) is 0 Å². The smallest absolute Gasteiger partial charge is 0.237 e. The van der Waals surface area contributed by atoms with Crippen LogP contribution in [-0.2, 0) is 4.79 Å². The minimum atomic E-state index is -0.345. The first-order chi connectivity index (χ1) is 12.9. The Morgan fingerprint density at radius 3 is 2.44 bits per heavy atom. The van der Waals surface area contributed by atoms with Gasteiger partial charge in [0.1, 0.15) is 0 Å². The summed E-state index contributed by atoms with van der Waals surface area (Å²) >= 11 is 8.13. The standard InChI is InChI=1S/C19H17N3O2S3/c1-12(23)14-8-10-15(11-9-14)20-17(24)13(2)26-18-21-22(19(25)27-18)16-6-4-3-5-7-16/h3-11,13H,1-2H3,(H,20,24)/t13-/m0/s1. The number of para-hydroxylation sites is 1. The lowest BCUT2D eigenvalue weighted by Gasteiger charge is -2.10. The van der Waals surface area contributed by atoms with Crippen molar-refractivity contribution in [2.24, 2.45) is 0 Å². The van der Waals surface area contributed by atoms with Gasteiger partial charge in [0.15, 0.2) is 14.1 Å². The first-order valence-corrected chi connectivity index (χ1v) is 10.3. The molecule has 0 radical (unpaired) electrons. The number of aromatic nitrogens is 2. The van der Waals surface area contributed by atoms with E-state index in [1.54, 1.807) is 28.9 Å². The molecule has 0 saturated heterocycles. The molecule has 3 aromatic rings. The summed E-state index contributed by atoms with van der Waals surface area (Å²) in [6.07, 6.45) is 0. The molecule has 0 aliphatic carbocycles. The van der Waals surface area contributed by atoms with Gasteiger partial charge in [-0.1, -0.05) is 41.3 Å². The van der Waals surface area contributed by atoms with Gasteiger partial charge in [0.25, 0.3) is 0 Å². The molecule has 0 bridgehead atoms. The van der Waals surface area contributed by atoms with E-state index in [2.05, 4.69) is 10.4 Å². The van der Waals surface area contributed by atoms with E-state index < -0.39 is 0 Å². The lowest BCUT2D eigenvalue weighted by atomic mass is 10.1. The quantitative estimate of drug-likeness (QED) is 0.349. The minimum Gasteiger partial charge on any atom is -0.325 e. The van der Waals surface area contributed by atoms with Crippen LogP contribution in [0, 0.1) is 3.95 Å². The fraction of sp³-hybridized carbons (Fsp3) is 0.158. The highest BCUT2D eigenvalue weighted by atomic mass is 32.2. The number of nitrogens with zero attached hydrogens (tertiary/aromatic N) is 2. The maximum atomic E-state index is 12.4. The largest absolute Gasteiger partial charge is 0.325 e. The van der Waals surface area contributed by atoms with Crippen molar-refractivity contribution in [2.75, 3.05) is 5.32 Å². The predicted molar refractivity (Wildman–Crippen MR) is 113 cm³/mol. The second-order valence-electron chi connectivity index (χ2n) is 5.76. The fourth-order valence-electron chi connectivity index (χ4n) is 2.28. The number of rotatable bonds is 6. The molecule has 1 amide bonds. The highest BCUT2D eigenvalue weighted by Gasteiger charge is 2.18. The maximum Gasteiger partial charge on any atom is 0.237 e. The van der Waals surface area contributed by atoms with Gasteiger partial charge in [-0.15, -0.1) is 5.10 Å². The number of ketones is 1. The average Bonchev–Trinajstić information content (AvgIpc) is 3.03. The second kappa shape index (κ2) is 8.60. The van der Waals surface area contributed by atoms with Crippen molar-refractivity contribution in [3.63, 3.8) is 0 Å². The zero-order valence-electron chi connectivity index (χ0n) is 14.7. The molecule has 8 heteroatoms. The van der Waals surface area contributed by atoms with Crippen molar-refractivity contribution in [1.29, 1.82) is 0 Å². The van der Waals surface area contributed by atoms with E-state index in [1.807, 2.05) is 37.3 Å². The molecule has 0 spiro atoms. The van der Waals surface area contributed by atoms with Crippen LogP contribution in [0.15, 0.2) is 58.9 Å². The molecule has 0 aliphatic heterocycles. The fourth-order valence-corrected chi connectivity index (χ4v) is 4.78. The molecule has 1 N–H and O–H groups in total. The normalized spacial score (nSPS) is 11.8. The number of carbonyl (C=O) groups excluding carboxylic acids is 2. The van der Waals surface area contributed by atoms with E-state index in [1.165, 1.54) is 30.0 Å².